The van der Waals surface area contributed by atoms with Gasteiger partial charge < -0.3 is 4.90 Å². The van der Waals surface area contributed by atoms with Gasteiger partial charge in [0.25, 0.3) is 0 Å². The standard InChI is InChI=1S/C19H37N/c1-15(2)19(7,8)14-18(5,6)13-17-9-11-20(12-10-17)16(3)4/h13,15-16H,9-12,14H2,1-8H3. The van der Waals surface area contributed by atoms with Gasteiger partial charge in [-0.15, -0.1) is 0 Å². The van der Waals surface area contributed by atoms with E-state index in [9.17, 15) is 0 Å². The van der Waals surface area contributed by atoms with Crippen LogP contribution < -0.4 is 0 Å². The van der Waals surface area contributed by atoms with Gasteiger partial charge in [0.05, 0.1) is 0 Å². The number of nitrogens with zero attached hydrogens (tertiary/aromatic N) is 1. The Morgan fingerprint density at radius 2 is 1.50 bits per heavy atom. The maximum atomic E-state index is 2.60. The molecule has 0 aromatic heterocycles. The largest absolute Gasteiger partial charge is 0.300 e. The van der Waals surface area contributed by atoms with Gasteiger partial charge >= 0.3 is 0 Å². The smallest absolute Gasteiger partial charge is 0.00388 e. The molecule has 1 saturated heterocycles. The van der Waals surface area contributed by atoms with Crippen LogP contribution in [0.4, 0.5) is 0 Å². The first-order valence-electron chi connectivity index (χ1n) is 8.48. The molecular formula is C19H37N. The van der Waals surface area contributed by atoms with E-state index in [1.165, 1.54) is 32.4 Å². The highest BCUT2D eigenvalue weighted by atomic mass is 15.1. The molecule has 1 aliphatic rings. The van der Waals surface area contributed by atoms with E-state index in [-0.39, 0.29) is 0 Å². The number of allylic oxidation sites excluding steroid dienone is 1. The number of likely N-dealkylation sites (tertiary alicyclic amines) is 1. The Morgan fingerprint density at radius 3 is 1.90 bits per heavy atom. The van der Waals surface area contributed by atoms with Gasteiger partial charge in [-0.2, -0.15) is 0 Å². The molecule has 0 saturated carbocycles. The molecule has 1 nitrogen and oxygen atoms in total. The molecule has 0 aromatic carbocycles. The van der Waals surface area contributed by atoms with Crippen LogP contribution in [0.1, 0.15) is 74.7 Å². The van der Waals surface area contributed by atoms with Crippen LogP contribution in [0, 0.1) is 16.7 Å². The molecule has 0 atom stereocenters. The highest BCUT2D eigenvalue weighted by Crippen LogP contribution is 2.41. The second-order valence-corrected chi connectivity index (χ2v) is 8.74. The zero-order chi connectivity index (χ0) is 15.6. The lowest BCUT2D eigenvalue weighted by Gasteiger charge is -2.38. The summed E-state index contributed by atoms with van der Waals surface area (Å²) in [5.41, 5.74) is 2.42. The summed E-state index contributed by atoms with van der Waals surface area (Å²) in [5, 5.41) is 0. The van der Waals surface area contributed by atoms with Gasteiger partial charge in [-0.1, -0.05) is 53.2 Å². The topological polar surface area (TPSA) is 3.24 Å². The summed E-state index contributed by atoms with van der Waals surface area (Å²) in [6.07, 6.45) is 6.40. The van der Waals surface area contributed by atoms with Crippen LogP contribution in [0.3, 0.4) is 0 Å². The molecule has 0 radical (unpaired) electrons. The van der Waals surface area contributed by atoms with Crippen molar-refractivity contribution < 1.29 is 0 Å². The minimum atomic E-state index is 0.323. The van der Waals surface area contributed by atoms with Crippen LogP contribution in [0.5, 0.6) is 0 Å². The zero-order valence-electron chi connectivity index (χ0n) is 15.2. The summed E-state index contributed by atoms with van der Waals surface area (Å²) in [6.45, 7) is 21.5. The quantitative estimate of drug-likeness (QED) is 0.599. The Labute approximate surface area is 127 Å². The van der Waals surface area contributed by atoms with Crippen LogP contribution in [-0.2, 0) is 0 Å². The lowest BCUT2D eigenvalue weighted by Crippen LogP contribution is -2.36. The van der Waals surface area contributed by atoms with E-state index in [0.29, 0.717) is 16.9 Å². The molecule has 1 rings (SSSR count). The maximum Gasteiger partial charge on any atom is 0.00388 e. The minimum absolute atomic E-state index is 0.323. The first-order valence-corrected chi connectivity index (χ1v) is 8.48. The van der Waals surface area contributed by atoms with E-state index >= 15 is 0 Å². The maximum absolute atomic E-state index is 2.60. The predicted molar refractivity (Wildman–Crippen MR) is 91.0 cm³/mol. The monoisotopic (exact) mass is 279 g/mol. The SMILES string of the molecule is CC(C)N1CCC(=CC(C)(C)CC(C)(C)C(C)C)CC1. The second kappa shape index (κ2) is 6.64. The fourth-order valence-electron chi connectivity index (χ4n) is 3.45. The first-order chi connectivity index (χ1) is 9.03. The van der Waals surface area contributed by atoms with Crippen LogP contribution in [-0.4, -0.2) is 24.0 Å². The number of rotatable bonds is 5. The van der Waals surface area contributed by atoms with Crippen molar-refractivity contribution in [3.63, 3.8) is 0 Å². The van der Waals surface area contributed by atoms with Crippen molar-refractivity contribution in [3.05, 3.63) is 11.6 Å². The van der Waals surface area contributed by atoms with Crippen molar-refractivity contribution in [3.8, 4) is 0 Å². The third-order valence-electron chi connectivity index (χ3n) is 5.24. The van der Waals surface area contributed by atoms with Gasteiger partial charge in [-0.25, -0.2) is 0 Å². The van der Waals surface area contributed by atoms with E-state index in [1.54, 1.807) is 5.57 Å². The Hall–Kier alpha value is -0.300. The molecule has 0 aliphatic carbocycles. The second-order valence-electron chi connectivity index (χ2n) is 8.74. The summed E-state index contributed by atoms with van der Waals surface area (Å²) in [4.78, 5) is 2.60. The van der Waals surface area contributed by atoms with Crippen molar-refractivity contribution in [2.45, 2.75) is 80.7 Å². The number of hydrogen-bond acceptors (Lipinski definition) is 1. The average molecular weight is 280 g/mol. The Bertz CT molecular complexity index is 324. The third kappa shape index (κ3) is 5.24. The van der Waals surface area contributed by atoms with Crippen molar-refractivity contribution >= 4 is 0 Å². The van der Waals surface area contributed by atoms with Crippen molar-refractivity contribution in [1.29, 1.82) is 0 Å². The molecule has 1 aliphatic heterocycles. The van der Waals surface area contributed by atoms with E-state index in [2.05, 4.69) is 66.4 Å². The molecule has 0 amide bonds. The van der Waals surface area contributed by atoms with E-state index in [0.717, 1.165) is 5.92 Å². The van der Waals surface area contributed by atoms with Crippen LogP contribution in [0.15, 0.2) is 11.6 Å². The van der Waals surface area contributed by atoms with Crippen LogP contribution in [0.25, 0.3) is 0 Å². The summed E-state index contributed by atoms with van der Waals surface area (Å²) in [7, 11) is 0. The highest BCUT2D eigenvalue weighted by molar-refractivity contribution is 5.11. The summed E-state index contributed by atoms with van der Waals surface area (Å²) >= 11 is 0. The average Bonchev–Trinajstić information content (AvgIpc) is 2.27. The highest BCUT2D eigenvalue weighted by Gasteiger charge is 2.30. The molecule has 0 aromatic rings. The van der Waals surface area contributed by atoms with Gasteiger partial charge in [-0.05, 0) is 49.9 Å². The molecule has 1 fully saturated rings. The normalized spacial score (nSPS) is 19.0. The van der Waals surface area contributed by atoms with Crippen molar-refractivity contribution in [1.82, 2.24) is 4.90 Å². The third-order valence-corrected chi connectivity index (χ3v) is 5.24. The predicted octanol–water partition coefficient (Wildman–Crippen LogP) is 5.52. The molecular weight excluding hydrogens is 242 g/mol. The van der Waals surface area contributed by atoms with Gasteiger partial charge in [0.2, 0.25) is 0 Å². The van der Waals surface area contributed by atoms with Crippen LogP contribution >= 0.6 is 0 Å². The molecule has 1 heteroatoms. The molecule has 0 bridgehead atoms. The summed E-state index contributed by atoms with van der Waals surface area (Å²) in [6, 6.07) is 0.699. The fourth-order valence-corrected chi connectivity index (χ4v) is 3.45. The van der Waals surface area contributed by atoms with Gasteiger partial charge in [0.1, 0.15) is 0 Å². The van der Waals surface area contributed by atoms with Gasteiger partial charge in [-0.3, -0.25) is 0 Å². The Kier molecular flexibility index (Phi) is 5.89. The minimum Gasteiger partial charge on any atom is -0.300 e. The lowest BCUT2D eigenvalue weighted by atomic mass is 9.68. The summed E-state index contributed by atoms with van der Waals surface area (Å²) in [5.74, 6) is 0.739. The van der Waals surface area contributed by atoms with E-state index in [1.807, 2.05) is 0 Å². The summed E-state index contributed by atoms with van der Waals surface area (Å²) < 4.78 is 0. The molecule has 0 unspecified atom stereocenters. The first kappa shape index (κ1) is 17.8. The zero-order valence-corrected chi connectivity index (χ0v) is 15.2. The Morgan fingerprint density at radius 1 is 1.00 bits per heavy atom. The number of hydrogen-bond donors (Lipinski definition) is 0. The van der Waals surface area contributed by atoms with Gasteiger partial charge in [0, 0.05) is 19.1 Å². The molecule has 20 heavy (non-hydrogen) atoms. The Balaban J connectivity index is 2.64. The molecule has 0 spiro atoms. The lowest BCUT2D eigenvalue weighted by molar-refractivity contribution is 0.165. The van der Waals surface area contributed by atoms with E-state index in [4.69, 9.17) is 0 Å². The van der Waals surface area contributed by atoms with E-state index < -0.39 is 0 Å². The van der Waals surface area contributed by atoms with Crippen LogP contribution in [0.2, 0.25) is 0 Å². The fraction of sp³-hybridized carbons (Fsp3) is 0.895. The molecule has 1 heterocycles. The molecule has 118 valence electrons. The van der Waals surface area contributed by atoms with Crippen molar-refractivity contribution in [2.24, 2.45) is 16.7 Å². The van der Waals surface area contributed by atoms with Gasteiger partial charge in [0.15, 0.2) is 0 Å². The molecule has 0 N–H and O–H groups in total. The number of piperidine rings is 1. The van der Waals surface area contributed by atoms with Crippen molar-refractivity contribution in [2.75, 3.05) is 13.1 Å².